The van der Waals surface area contributed by atoms with Gasteiger partial charge in [-0.15, -0.1) is 10.2 Å². The molecule has 4 rings (SSSR count). The summed E-state index contributed by atoms with van der Waals surface area (Å²) in [5.74, 6) is 1.80. The van der Waals surface area contributed by atoms with Crippen molar-refractivity contribution >= 4 is 6.03 Å². The molecule has 2 aliphatic rings. The third-order valence-electron chi connectivity index (χ3n) is 5.16. The van der Waals surface area contributed by atoms with Gasteiger partial charge in [0.05, 0.1) is 19.2 Å². The van der Waals surface area contributed by atoms with Crippen molar-refractivity contribution in [3.8, 4) is 0 Å². The molecule has 0 fully saturated rings. The molecule has 7 heteroatoms. The molecule has 2 heterocycles. The van der Waals surface area contributed by atoms with E-state index in [9.17, 15) is 9.90 Å². The Kier molecular flexibility index (Phi) is 4.40. The predicted octanol–water partition coefficient (Wildman–Crippen LogP) is 1.42. The highest BCUT2D eigenvalue weighted by Crippen LogP contribution is 2.35. The number of benzene rings is 1. The number of carbonyl (C=O) groups excluding carboxylic acids is 1. The molecule has 1 aromatic heterocycles. The second kappa shape index (κ2) is 6.84. The zero-order valence-corrected chi connectivity index (χ0v) is 14.2. The molecule has 1 aliphatic carbocycles. The van der Waals surface area contributed by atoms with Crippen molar-refractivity contribution in [2.45, 2.75) is 44.8 Å². The Labute approximate surface area is 146 Å². The number of amides is 2. The fourth-order valence-electron chi connectivity index (χ4n) is 3.96. The number of hydrogen-bond donors (Lipinski definition) is 2. The van der Waals surface area contributed by atoms with Crippen LogP contribution in [0.15, 0.2) is 24.3 Å². The van der Waals surface area contributed by atoms with E-state index in [-0.39, 0.29) is 18.7 Å². The highest BCUT2D eigenvalue weighted by molar-refractivity contribution is 5.75. The smallest absolute Gasteiger partial charge is 0.318 e. The van der Waals surface area contributed by atoms with Crippen LogP contribution in [-0.4, -0.2) is 44.0 Å². The van der Waals surface area contributed by atoms with E-state index in [2.05, 4.69) is 32.2 Å². The summed E-state index contributed by atoms with van der Waals surface area (Å²) in [4.78, 5) is 14.5. The van der Waals surface area contributed by atoms with Crippen LogP contribution < -0.4 is 5.32 Å². The van der Waals surface area contributed by atoms with Gasteiger partial charge in [0.2, 0.25) is 0 Å². The lowest BCUT2D eigenvalue weighted by Gasteiger charge is -2.29. The Bertz CT molecular complexity index is 773. The Morgan fingerprint density at radius 3 is 3.08 bits per heavy atom. The van der Waals surface area contributed by atoms with Crippen molar-refractivity contribution in [2.75, 3.05) is 13.2 Å². The van der Waals surface area contributed by atoms with Crippen molar-refractivity contribution in [1.29, 1.82) is 0 Å². The molecule has 2 N–H and O–H groups in total. The van der Waals surface area contributed by atoms with Crippen LogP contribution in [0.3, 0.4) is 0 Å². The average molecular weight is 341 g/mol. The van der Waals surface area contributed by atoms with Crippen LogP contribution in [0.2, 0.25) is 0 Å². The number of aliphatic hydroxyl groups excluding tert-OH is 1. The van der Waals surface area contributed by atoms with E-state index < -0.39 is 0 Å². The monoisotopic (exact) mass is 341 g/mol. The van der Waals surface area contributed by atoms with Gasteiger partial charge < -0.3 is 19.9 Å². The number of aryl methyl sites for hydroxylation is 2. The second-order valence-corrected chi connectivity index (χ2v) is 6.62. The molecular weight excluding hydrogens is 318 g/mol. The van der Waals surface area contributed by atoms with E-state index in [0.29, 0.717) is 13.1 Å². The first-order valence-corrected chi connectivity index (χ1v) is 8.92. The van der Waals surface area contributed by atoms with Crippen LogP contribution in [0, 0.1) is 0 Å². The van der Waals surface area contributed by atoms with Crippen molar-refractivity contribution in [3.63, 3.8) is 0 Å². The first-order chi connectivity index (χ1) is 12.3. The zero-order valence-electron chi connectivity index (χ0n) is 14.2. The van der Waals surface area contributed by atoms with Crippen LogP contribution in [0.4, 0.5) is 4.79 Å². The zero-order chi connectivity index (χ0) is 17.2. The van der Waals surface area contributed by atoms with Crippen LogP contribution >= 0.6 is 0 Å². The number of rotatable bonds is 5. The average Bonchev–Trinajstić information content (AvgIpc) is 3.33. The van der Waals surface area contributed by atoms with Crippen molar-refractivity contribution < 1.29 is 9.90 Å². The molecule has 25 heavy (non-hydrogen) atoms. The van der Waals surface area contributed by atoms with Crippen LogP contribution in [0.5, 0.6) is 0 Å². The third-order valence-corrected chi connectivity index (χ3v) is 5.16. The molecule has 2 aromatic rings. The van der Waals surface area contributed by atoms with E-state index in [1.807, 2.05) is 12.1 Å². The quantitative estimate of drug-likeness (QED) is 0.861. The standard InChI is InChI=1S/C18H23N5O2/c24-11-10-22(15-8-7-13-4-1-2-5-14(13)15)18(25)19-12-17-21-20-16-6-3-9-23(16)17/h1-2,4-5,15,24H,3,6-12H2,(H,19,25). The van der Waals surface area contributed by atoms with Gasteiger partial charge >= 0.3 is 6.03 Å². The van der Waals surface area contributed by atoms with E-state index in [0.717, 1.165) is 43.9 Å². The second-order valence-electron chi connectivity index (χ2n) is 6.62. The molecule has 0 spiro atoms. The van der Waals surface area contributed by atoms with Gasteiger partial charge in [-0.25, -0.2) is 4.79 Å². The molecule has 0 bridgehead atoms. The molecule has 7 nitrogen and oxygen atoms in total. The molecule has 0 saturated heterocycles. The fraction of sp³-hybridized carbons (Fsp3) is 0.500. The van der Waals surface area contributed by atoms with Crippen LogP contribution in [0.1, 0.15) is 41.7 Å². The Balaban J connectivity index is 1.46. The Hall–Kier alpha value is -2.41. The maximum Gasteiger partial charge on any atom is 0.318 e. The molecule has 1 atom stereocenters. The molecule has 2 amide bonds. The normalized spacial score (nSPS) is 18.0. The van der Waals surface area contributed by atoms with Gasteiger partial charge in [0, 0.05) is 19.5 Å². The summed E-state index contributed by atoms with van der Waals surface area (Å²) >= 11 is 0. The van der Waals surface area contributed by atoms with E-state index in [1.165, 1.54) is 11.1 Å². The SMILES string of the molecule is O=C(NCc1nnc2n1CCC2)N(CCO)C1CCc2ccccc21. The largest absolute Gasteiger partial charge is 0.395 e. The summed E-state index contributed by atoms with van der Waals surface area (Å²) in [6, 6.07) is 8.09. The molecule has 1 aliphatic heterocycles. The molecule has 0 radical (unpaired) electrons. The van der Waals surface area contributed by atoms with Crippen LogP contribution in [0.25, 0.3) is 0 Å². The number of nitrogens with zero attached hydrogens (tertiary/aromatic N) is 4. The van der Waals surface area contributed by atoms with E-state index in [1.54, 1.807) is 4.90 Å². The summed E-state index contributed by atoms with van der Waals surface area (Å²) in [5, 5.41) is 20.7. The van der Waals surface area contributed by atoms with Gasteiger partial charge in [-0.2, -0.15) is 0 Å². The lowest BCUT2D eigenvalue weighted by molar-refractivity contribution is 0.151. The van der Waals surface area contributed by atoms with Crippen molar-refractivity contribution in [3.05, 3.63) is 47.0 Å². The summed E-state index contributed by atoms with van der Waals surface area (Å²) < 4.78 is 2.08. The number of hydrogen-bond acceptors (Lipinski definition) is 4. The van der Waals surface area contributed by atoms with E-state index >= 15 is 0 Å². The number of fused-ring (bicyclic) bond motifs is 2. The fourth-order valence-corrected chi connectivity index (χ4v) is 3.96. The summed E-state index contributed by atoms with van der Waals surface area (Å²) in [6.07, 6.45) is 3.90. The summed E-state index contributed by atoms with van der Waals surface area (Å²) in [5.41, 5.74) is 2.48. The number of nitrogens with one attached hydrogen (secondary N) is 1. The maximum atomic E-state index is 12.8. The third kappa shape index (κ3) is 3.00. The van der Waals surface area contributed by atoms with Gasteiger partial charge in [0.15, 0.2) is 5.82 Å². The first-order valence-electron chi connectivity index (χ1n) is 8.92. The lowest BCUT2D eigenvalue weighted by atomic mass is 10.1. The van der Waals surface area contributed by atoms with Gasteiger partial charge in [0.25, 0.3) is 0 Å². The first kappa shape index (κ1) is 16.1. The summed E-state index contributed by atoms with van der Waals surface area (Å²) in [6.45, 7) is 1.56. The lowest BCUT2D eigenvalue weighted by Crippen LogP contribution is -2.43. The number of urea groups is 1. The van der Waals surface area contributed by atoms with Gasteiger partial charge in [-0.3, -0.25) is 0 Å². The van der Waals surface area contributed by atoms with Gasteiger partial charge in [0.1, 0.15) is 5.82 Å². The Morgan fingerprint density at radius 1 is 1.32 bits per heavy atom. The molecule has 1 aromatic carbocycles. The molecular formula is C18H23N5O2. The maximum absolute atomic E-state index is 12.8. The van der Waals surface area contributed by atoms with E-state index in [4.69, 9.17) is 0 Å². The number of aromatic nitrogens is 3. The summed E-state index contributed by atoms with van der Waals surface area (Å²) in [7, 11) is 0. The predicted molar refractivity (Wildman–Crippen MR) is 91.9 cm³/mol. The van der Waals surface area contributed by atoms with Crippen molar-refractivity contribution in [2.24, 2.45) is 0 Å². The molecule has 0 saturated carbocycles. The minimum absolute atomic E-state index is 0.0208. The highest BCUT2D eigenvalue weighted by atomic mass is 16.3. The highest BCUT2D eigenvalue weighted by Gasteiger charge is 2.30. The minimum Gasteiger partial charge on any atom is -0.395 e. The molecule has 132 valence electrons. The number of aliphatic hydroxyl groups is 1. The van der Waals surface area contributed by atoms with Crippen molar-refractivity contribution in [1.82, 2.24) is 25.0 Å². The molecule has 1 unspecified atom stereocenters. The van der Waals surface area contributed by atoms with Gasteiger partial charge in [-0.1, -0.05) is 24.3 Å². The van der Waals surface area contributed by atoms with Gasteiger partial charge in [-0.05, 0) is 30.4 Å². The Morgan fingerprint density at radius 2 is 2.20 bits per heavy atom. The number of carbonyl (C=O) groups is 1. The van der Waals surface area contributed by atoms with Crippen LogP contribution in [-0.2, 0) is 25.9 Å². The minimum atomic E-state index is -0.161. The topological polar surface area (TPSA) is 83.3 Å².